The minimum Gasteiger partial charge on any atom is -0.380 e. The van der Waals surface area contributed by atoms with Crippen LogP contribution >= 0.6 is 15.9 Å². The number of nitrogens with zero attached hydrogens (tertiary/aromatic N) is 2. The molecule has 0 fully saturated rings. The van der Waals surface area contributed by atoms with E-state index in [9.17, 15) is 18.0 Å². The van der Waals surface area contributed by atoms with Crippen LogP contribution in [0.4, 0.5) is 18.9 Å². The predicted octanol–water partition coefficient (Wildman–Crippen LogP) is 3.41. The molecule has 1 heterocycles. The molecule has 1 unspecified atom stereocenters. The molecule has 1 aromatic heterocycles. The Labute approximate surface area is 123 Å². The number of halogens is 4. The molecular weight excluding hydrogens is 339 g/mol. The van der Waals surface area contributed by atoms with Crippen molar-refractivity contribution < 1.29 is 13.2 Å². The van der Waals surface area contributed by atoms with Crippen molar-refractivity contribution in [1.29, 1.82) is 0 Å². The summed E-state index contributed by atoms with van der Waals surface area (Å²) in [6.07, 6.45) is -3.87. The van der Waals surface area contributed by atoms with Gasteiger partial charge in [-0.15, -0.1) is 0 Å². The summed E-state index contributed by atoms with van der Waals surface area (Å²) in [5.74, 6) is 0.245. The molecule has 0 aromatic carbocycles. The molecule has 4 nitrogen and oxygen atoms in total. The third-order valence-electron chi connectivity index (χ3n) is 2.46. The molecule has 20 heavy (non-hydrogen) atoms. The van der Waals surface area contributed by atoms with Crippen molar-refractivity contribution in [2.24, 2.45) is 5.92 Å². The molecule has 8 heteroatoms. The van der Waals surface area contributed by atoms with Gasteiger partial charge in [-0.1, -0.05) is 13.8 Å². The molecule has 0 spiro atoms. The summed E-state index contributed by atoms with van der Waals surface area (Å²) in [5.41, 5.74) is -0.0883. The van der Waals surface area contributed by atoms with Crippen LogP contribution in [-0.4, -0.2) is 22.0 Å². The summed E-state index contributed by atoms with van der Waals surface area (Å²) >= 11 is 3.11. The van der Waals surface area contributed by atoms with Gasteiger partial charge in [0.2, 0.25) is 0 Å². The van der Waals surface area contributed by atoms with Gasteiger partial charge in [-0.05, 0) is 28.8 Å². The highest BCUT2D eigenvalue weighted by molar-refractivity contribution is 9.10. The van der Waals surface area contributed by atoms with E-state index in [-0.39, 0.29) is 21.6 Å². The quantitative estimate of drug-likeness (QED) is 0.880. The number of hydrogen-bond acceptors (Lipinski definition) is 3. The minimum absolute atomic E-state index is 0.196. The molecule has 0 radical (unpaired) electrons. The Morgan fingerprint density at radius 2 is 2.00 bits per heavy atom. The second-order valence-corrected chi connectivity index (χ2v) is 5.91. The predicted molar refractivity (Wildman–Crippen MR) is 74.8 cm³/mol. The van der Waals surface area contributed by atoms with E-state index in [1.807, 2.05) is 13.8 Å². The molecule has 0 bridgehead atoms. The third-order valence-corrected chi connectivity index (χ3v) is 3.23. The lowest BCUT2D eigenvalue weighted by molar-refractivity contribution is -0.136. The van der Waals surface area contributed by atoms with Gasteiger partial charge in [0.1, 0.15) is 4.47 Å². The Bertz CT molecular complexity index is 514. The van der Waals surface area contributed by atoms with Crippen LogP contribution in [0.25, 0.3) is 0 Å². The van der Waals surface area contributed by atoms with Crippen LogP contribution in [0, 0.1) is 5.92 Å². The van der Waals surface area contributed by atoms with Gasteiger partial charge in [-0.3, -0.25) is 4.79 Å². The zero-order valence-electron chi connectivity index (χ0n) is 11.5. The van der Waals surface area contributed by atoms with E-state index >= 15 is 0 Å². The monoisotopic (exact) mass is 355 g/mol. The molecule has 0 aliphatic heterocycles. The summed E-state index contributed by atoms with van der Waals surface area (Å²) in [4.78, 5) is 12.0. The summed E-state index contributed by atoms with van der Waals surface area (Å²) in [6.45, 7) is 5.74. The van der Waals surface area contributed by atoms with Gasteiger partial charge in [-0.25, -0.2) is 4.68 Å². The minimum atomic E-state index is -4.25. The van der Waals surface area contributed by atoms with Crippen molar-refractivity contribution in [2.45, 2.75) is 46.0 Å². The van der Waals surface area contributed by atoms with Crippen LogP contribution in [0.15, 0.2) is 15.5 Å². The smallest absolute Gasteiger partial charge is 0.380 e. The zero-order chi connectivity index (χ0) is 15.5. The molecule has 1 rings (SSSR count). The summed E-state index contributed by atoms with van der Waals surface area (Å²) in [7, 11) is 0. The molecule has 0 aliphatic rings. The first-order valence-corrected chi connectivity index (χ1v) is 6.98. The molecule has 1 aromatic rings. The second-order valence-electron chi connectivity index (χ2n) is 5.12. The van der Waals surface area contributed by atoms with Gasteiger partial charge in [0.25, 0.3) is 5.56 Å². The Hall–Kier alpha value is -1.05. The average Bonchev–Trinajstić information content (AvgIpc) is 2.26. The normalized spacial score (nSPS) is 13.6. The van der Waals surface area contributed by atoms with E-state index in [1.165, 1.54) is 17.8 Å². The molecule has 1 N–H and O–H groups in total. The van der Waals surface area contributed by atoms with Gasteiger partial charge in [0, 0.05) is 12.6 Å². The fourth-order valence-corrected chi connectivity index (χ4v) is 2.13. The van der Waals surface area contributed by atoms with Crippen LogP contribution in [0.1, 0.15) is 27.2 Å². The summed E-state index contributed by atoms with van der Waals surface area (Å²) in [6, 6.07) is -0.839. The molecular formula is C12H17BrF3N3O. The van der Waals surface area contributed by atoms with Crippen LogP contribution in [0.3, 0.4) is 0 Å². The number of rotatable bonds is 5. The van der Waals surface area contributed by atoms with E-state index < -0.39 is 18.6 Å². The lowest BCUT2D eigenvalue weighted by atomic mass is 10.2. The zero-order valence-corrected chi connectivity index (χ0v) is 13.0. The average molecular weight is 356 g/mol. The summed E-state index contributed by atoms with van der Waals surface area (Å²) in [5, 5.41) is 6.60. The van der Waals surface area contributed by atoms with Crippen molar-refractivity contribution in [3.05, 3.63) is 21.0 Å². The van der Waals surface area contributed by atoms with Crippen molar-refractivity contribution in [2.75, 3.05) is 5.32 Å². The first-order chi connectivity index (χ1) is 9.10. The van der Waals surface area contributed by atoms with Gasteiger partial charge < -0.3 is 5.32 Å². The van der Waals surface area contributed by atoms with Crippen LogP contribution < -0.4 is 10.9 Å². The SMILES string of the molecule is CC(C)Cn1ncc(NC(C)CC(F)(F)F)c(Br)c1=O. The number of hydrogen-bond donors (Lipinski definition) is 1. The van der Waals surface area contributed by atoms with E-state index in [2.05, 4.69) is 26.3 Å². The Morgan fingerprint density at radius 1 is 1.40 bits per heavy atom. The van der Waals surface area contributed by atoms with Gasteiger partial charge in [-0.2, -0.15) is 18.3 Å². The van der Waals surface area contributed by atoms with E-state index in [1.54, 1.807) is 0 Å². The lowest BCUT2D eigenvalue weighted by Crippen LogP contribution is -2.29. The third kappa shape index (κ3) is 5.15. The van der Waals surface area contributed by atoms with Crippen molar-refractivity contribution >= 4 is 21.6 Å². The number of nitrogens with one attached hydrogen (secondary N) is 1. The number of alkyl halides is 3. The Morgan fingerprint density at radius 3 is 2.50 bits per heavy atom. The number of anilines is 1. The maximum absolute atomic E-state index is 12.3. The van der Waals surface area contributed by atoms with Crippen molar-refractivity contribution in [1.82, 2.24) is 9.78 Å². The first-order valence-electron chi connectivity index (χ1n) is 6.19. The molecule has 0 aliphatic carbocycles. The fraction of sp³-hybridized carbons (Fsp3) is 0.667. The topological polar surface area (TPSA) is 46.9 Å². The second kappa shape index (κ2) is 6.60. The molecule has 0 saturated carbocycles. The van der Waals surface area contributed by atoms with E-state index in [0.717, 1.165) is 0 Å². The number of aromatic nitrogens is 2. The molecule has 114 valence electrons. The van der Waals surface area contributed by atoms with Crippen LogP contribution in [0.5, 0.6) is 0 Å². The largest absolute Gasteiger partial charge is 0.391 e. The van der Waals surface area contributed by atoms with Gasteiger partial charge in [0.05, 0.1) is 18.3 Å². The van der Waals surface area contributed by atoms with Gasteiger partial charge in [0.15, 0.2) is 0 Å². The van der Waals surface area contributed by atoms with Crippen molar-refractivity contribution in [3.8, 4) is 0 Å². The maximum Gasteiger partial charge on any atom is 0.391 e. The lowest BCUT2D eigenvalue weighted by Gasteiger charge is -2.18. The Balaban J connectivity index is 2.88. The van der Waals surface area contributed by atoms with Crippen LogP contribution in [0.2, 0.25) is 0 Å². The summed E-state index contributed by atoms with van der Waals surface area (Å²) < 4.78 is 38.3. The Kier molecular flexibility index (Phi) is 5.61. The van der Waals surface area contributed by atoms with Crippen molar-refractivity contribution in [3.63, 3.8) is 0 Å². The molecule has 1 atom stereocenters. The highest BCUT2D eigenvalue weighted by atomic mass is 79.9. The van der Waals surface area contributed by atoms with E-state index in [0.29, 0.717) is 6.54 Å². The fourth-order valence-electron chi connectivity index (χ4n) is 1.71. The maximum atomic E-state index is 12.3. The first kappa shape index (κ1) is 17.0. The highest BCUT2D eigenvalue weighted by Crippen LogP contribution is 2.24. The highest BCUT2D eigenvalue weighted by Gasteiger charge is 2.30. The molecule has 0 amide bonds. The van der Waals surface area contributed by atoms with Crippen LogP contribution in [-0.2, 0) is 6.54 Å². The van der Waals surface area contributed by atoms with E-state index in [4.69, 9.17) is 0 Å². The standard InChI is InChI=1S/C12H17BrF3N3O/c1-7(2)6-19-11(20)10(13)9(5-17-19)18-8(3)4-12(14,15)16/h5,7-8,18H,4,6H2,1-3H3. The van der Waals surface area contributed by atoms with Gasteiger partial charge >= 0.3 is 6.18 Å². The molecule has 0 saturated heterocycles.